The number of benzene rings is 1. The molecule has 1 aromatic heterocycles. The fourth-order valence-corrected chi connectivity index (χ4v) is 1.77. The third-order valence-electron chi connectivity index (χ3n) is 2.25. The van der Waals surface area contributed by atoms with Gasteiger partial charge in [0, 0.05) is 17.8 Å². The summed E-state index contributed by atoms with van der Waals surface area (Å²) in [7, 11) is 0. The van der Waals surface area contributed by atoms with Crippen molar-refractivity contribution >= 4 is 28.0 Å². The number of halogens is 1. The first kappa shape index (κ1) is 13.3. The lowest BCUT2D eigenvalue weighted by atomic mass is 10.2. The molecule has 0 fully saturated rings. The van der Waals surface area contributed by atoms with E-state index in [4.69, 9.17) is 9.84 Å². The Kier molecular flexibility index (Phi) is 4.30. The lowest BCUT2D eigenvalue weighted by molar-refractivity contribution is -0.131. The van der Waals surface area contributed by atoms with Gasteiger partial charge in [-0.05, 0) is 46.3 Å². The smallest absolute Gasteiger partial charge is 0.328 e. The molecule has 0 unspecified atom stereocenters. The zero-order valence-corrected chi connectivity index (χ0v) is 11.4. The van der Waals surface area contributed by atoms with Gasteiger partial charge in [0.05, 0.1) is 4.47 Å². The Morgan fingerprint density at radius 2 is 2.05 bits per heavy atom. The summed E-state index contributed by atoms with van der Waals surface area (Å²) in [4.78, 5) is 14.6. The molecule has 0 spiro atoms. The molecule has 1 heterocycles. The maximum atomic E-state index is 10.5. The summed E-state index contributed by atoms with van der Waals surface area (Å²) in [5.74, 6) is -0.0474. The third-order valence-corrected chi connectivity index (χ3v) is 2.90. The molecule has 0 saturated heterocycles. The van der Waals surface area contributed by atoms with E-state index in [-0.39, 0.29) is 0 Å². The van der Waals surface area contributed by atoms with E-state index in [2.05, 4.69) is 20.9 Å². The van der Waals surface area contributed by atoms with Crippen LogP contribution in [0.5, 0.6) is 11.6 Å². The number of hydrogen-bond acceptors (Lipinski definition) is 3. The maximum absolute atomic E-state index is 10.5. The number of carbonyl (C=O) groups is 1. The van der Waals surface area contributed by atoms with Crippen LogP contribution >= 0.6 is 15.9 Å². The molecule has 1 N–H and O–H groups in total. The highest BCUT2D eigenvalue weighted by Crippen LogP contribution is 2.30. The summed E-state index contributed by atoms with van der Waals surface area (Å²) in [6.07, 6.45) is 4.08. The number of carboxylic acid groups (broad SMARTS) is 1. The van der Waals surface area contributed by atoms with Crippen LogP contribution in [0.4, 0.5) is 0 Å². The van der Waals surface area contributed by atoms with Crippen LogP contribution < -0.4 is 4.74 Å². The van der Waals surface area contributed by atoms with E-state index in [9.17, 15) is 4.79 Å². The molecule has 0 aliphatic rings. The van der Waals surface area contributed by atoms with Gasteiger partial charge in [0.15, 0.2) is 0 Å². The van der Waals surface area contributed by atoms with Gasteiger partial charge in [0.25, 0.3) is 0 Å². The lowest BCUT2D eigenvalue weighted by Crippen LogP contribution is -1.92. The highest BCUT2D eigenvalue weighted by molar-refractivity contribution is 9.10. The van der Waals surface area contributed by atoms with Gasteiger partial charge in [-0.2, -0.15) is 0 Å². The summed E-state index contributed by atoms with van der Waals surface area (Å²) in [5.41, 5.74) is 0.598. The first-order chi connectivity index (χ1) is 9.16. The number of aromatic nitrogens is 1. The summed E-state index contributed by atoms with van der Waals surface area (Å²) < 4.78 is 6.47. The molecule has 0 amide bonds. The molecular weight excluding hydrogens is 310 g/mol. The van der Waals surface area contributed by atoms with Gasteiger partial charge in [-0.15, -0.1) is 0 Å². The molecular formula is C14H10BrNO3. The van der Waals surface area contributed by atoms with Crippen molar-refractivity contribution in [1.29, 1.82) is 0 Å². The molecule has 0 radical (unpaired) electrons. The third kappa shape index (κ3) is 3.66. The number of pyridine rings is 1. The molecule has 0 atom stereocenters. The van der Waals surface area contributed by atoms with Crippen LogP contribution in [-0.4, -0.2) is 16.1 Å². The Labute approximate surface area is 118 Å². The number of nitrogens with zero attached hydrogens (tertiary/aromatic N) is 1. The first-order valence-corrected chi connectivity index (χ1v) is 6.24. The average Bonchev–Trinajstić information content (AvgIpc) is 2.40. The van der Waals surface area contributed by atoms with Gasteiger partial charge in [0.1, 0.15) is 5.75 Å². The summed E-state index contributed by atoms with van der Waals surface area (Å²) in [6, 6.07) is 10.8. The normalized spacial score (nSPS) is 10.6. The van der Waals surface area contributed by atoms with E-state index < -0.39 is 5.97 Å². The number of ether oxygens (including phenoxy) is 1. The largest absolute Gasteiger partial charge is 0.478 e. The number of rotatable bonds is 4. The SMILES string of the molecule is O=C(O)/C=C/c1cccnc1Oc1ccccc1Br. The van der Waals surface area contributed by atoms with Crippen molar-refractivity contribution in [3.05, 3.63) is 58.7 Å². The van der Waals surface area contributed by atoms with E-state index in [1.807, 2.05) is 18.2 Å². The van der Waals surface area contributed by atoms with E-state index in [1.54, 1.807) is 24.4 Å². The Bertz CT molecular complexity index is 626. The second-order valence-corrected chi connectivity index (χ2v) is 4.46. The zero-order valence-electron chi connectivity index (χ0n) is 9.79. The maximum Gasteiger partial charge on any atom is 0.328 e. The fourth-order valence-electron chi connectivity index (χ4n) is 1.41. The van der Waals surface area contributed by atoms with Crippen LogP contribution in [-0.2, 0) is 4.79 Å². The standard InChI is InChI=1S/C14H10BrNO3/c15-11-5-1-2-6-12(11)19-14-10(4-3-9-16-14)7-8-13(17)18/h1-9H,(H,17,18)/b8-7+. The van der Waals surface area contributed by atoms with E-state index in [0.29, 0.717) is 17.2 Å². The molecule has 4 nitrogen and oxygen atoms in total. The molecule has 2 aromatic rings. The summed E-state index contributed by atoms with van der Waals surface area (Å²) in [5, 5.41) is 8.64. The fraction of sp³-hybridized carbons (Fsp3) is 0. The highest BCUT2D eigenvalue weighted by Gasteiger charge is 2.06. The minimum absolute atomic E-state index is 0.354. The number of aliphatic carboxylic acids is 1. The molecule has 0 aliphatic carbocycles. The number of para-hydroxylation sites is 1. The molecule has 0 aliphatic heterocycles. The quantitative estimate of drug-likeness (QED) is 0.872. The van der Waals surface area contributed by atoms with Gasteiger partial charge >= 0.3 is 5.97 Å². The van der Waals surface area contributed by atoms with Gasteiger partial charge < -0.3 is 9.84 Å². The second kappa shape index (κ2) is 6.15. The van der Waals surface area contributed by atoms with Crippen molar-refractivity contribution < 1.29 is 14.6 Å². The first-order valence-electron chi connectivity index (χ1n) is 5.45. The molecule has 19 heavy (non-hydrogen) atoms. The van der Waals surface area contributed by atoms with Gasteiger partial charge in [0.2, 0.25) is 5.88 Å². The van der Waals surface area contributed by atoms with Crippen molar-refractivity contribution in [3.8, 4) is 11.6 Å². The Hall–Kier alpha value is -2.14. The number of hydrogen-bond donors (Lipinski definition) is 1. The van der Waals surface area contributed by atoms with Crippen LogP contribution in [0, 0.1) is 0 Å². The molecule has 1 aromatic carbocycles. The van der Waals surface area contributed by atoms with Crippen molar-refractivity contribution in [2.75, 3.05) is 0 Å². The topological polar surface area (TPSA) is 59.4 Å². The van der Waals surface area contributed by atoms with Crippen LogP contribution in [0.2, 0.25) is 0 Å². The molecule has 5 heteroatoms. The molecule has 0 bridgehead atoms. The number of carboxylic acids is 1. The van der Waals surface area contributed by atoms with E-state index in [0.717, 1.165) is 10.5 Å². The molecule has 2 rings (SSSR count). The predicted octanol–water partition coefficient (Wildman–Crippen LogP) is 3.73. The van der Waals surface area contributed by atoms with Gasteiger partial charge in [-0.1, -0.05) is 12.1 Å². The summed E-state index contributed by atoms with van der Waals surface area (Å²) in [6.45, 7) is 0. The lowest BCUT2D eigenvalue weighted by Gasteiger charge is -2.08. The zero-order chi connectivity index (χ0) is 13.7. The summed E-state index contributed by atoms with van der Waals surface area (Å²) >= 11 is 3.38. The van der Waals surface area contributed by atoms with E-state index >= 15 is 0 Å². The van der Waals surface area contributed by atoms with E-state index in [1.165, 1.54) is 6.08 Å². The second-order valence-electron chi connectivity index (χ2n) is 3.60. The highest BCUT2D eigenvalue weighted by atomic mass is 79.9. The monoisotopic (exact) mass is 319 g/mol. The van der Waals surface area contributed by atoms with Crippen LogP contribution in [0.15, 0.2) is 53.1 Å². The van der Waals surface area contributed by atoms with Gasteiger partial charge in [-0.3, -0.25) is 0 Å². The molecule has 0 saturated carbocycles. The van der Waals surface area contributed by atoms with Crippen LogP contribution in [0.1, 0.15) is 5.56 Å². The van der Waals surface area contributed by atoms with Crippen molar-refractivity contribution in [2.24, 2.45) is 0 Å². The van der Waals surface area contributed by atoms with Crippen molar-refractivity contribution in [3.63, 3.8) is 0 Å². The van der Waals surface area contributed by atoms with Crippen molar-refractivity contribution in [1.82, 2.24) is 4.98 Å². The molecule has 96 valence electrons. The minimum Gasteiger partial charge on any atom is -0.478 e. The van der Waals surface area contributed by atoms with Crippen LogP contribution in [0.3, 0.4) is 0 Å². The van der Waals surface area contributed by atoms with Gasteiger partial charge in [-0.25, -0.2) is 9.78 Å². The Morgan fingerprint density at radius 3 is 2.79 bits per heavy atom. The Morgan fingerprint density at radius 1 is 1.26 bits per heavy atom. The minimum atomic E-state index is -1.02. The van der Waals surface area contributed by atoms with Crippen molar-refractivity contribution in [2.45, 2.75) is 0 Å². The average molecular weight is 320 g/mol. The predicted molar refractivity (Wildman–Crippen MR) is 75.1 cm³/mol. The van der Waals surface area contributed by atoms with Crippen LogP contribution in [0.25, 0.3) is 6.08 Å². The Balaban J connectivity index is 2.30.